The Bertz CT molecular complexity index is 977. The van der Waals surface area contributed by atoms with Crippen LogP contribution in [0.2, 0.25) is 10.0 Å². The lowest BCUT2D eigenvalue weighted by Crippen LogP contribution is -2.51. The Kier molecular flexibility index (Phi) is 10.5. The summed E-state index contributed by atoms with van der Waals surface area (Å²) in [5.74, 6) is 0.134. The van der Waals surface area contributed by atoms with Gasteiger partial charge in [-0.15, -0.1) is 0 Å². The maximum atomic E-state index is 13.3. The van der Waals surface area contributed by atoms with Crippen LogP contribution in [0.1, 0.15) is 50.3 Å². The number of hydrogen-bond donors (Lipinski definition) is 1. The third kappa shape index (κ3) is 7.62. The van der Waals surface area contributed by atoms with Crippen LogP contribution < -0.4 is 10.1 Å². The molecule has 0 fully saturated rings. The van der Waals surface area contributed by atoms with Crippen LogP contribution in [0.15, 0.2) is 34.8 Å². The average molecular weight is 558 g/mol. The standard InChI is InChI=1S/C25H31BrCl2N2O3/c1-6-17(5)29-25(32)22(7-2)30(13-18-8-9-20(27)21(28)12-18)23(31)14-33-19-10-15(3)24(26)16(4)11-19/h8-12,17,22H,6-7,13-14H2,1-5H3,(H,29,32)/t17-,22-/m0/s1. The number of ether oxygens (including phenoxy) is 1. The van der Waals surface area contributed by atoms with Gasteiger partial charge in [0.25, 0.3) is 5.91 Å². The van der Waals surface area contributed by atoms with Crippen LogP contribution >= 0.6 is 39.1 Å². The van der Waals surface area contributed by atoms with E-state index in [1.165, 1.54) is 0 Å². The van der Waals surface area contributed by atoms with Gasteiger partial charge in [0.15, 0.2) is 6.61 Å². The Balaban J connectivity index is 2.28. The number of rotatable bonds is 10. The number of hydrogen-bond acceptors (Lipinski definition) is 3. The van der Waals surface area contributed by atoms with E-state index < -0.39 is 6.04 Å². The Morgan fingerprint density at radius 2 is 1.70 bits per heavy atom. The van der Waals surface area contributed by atoms with Crippen molar-refractivity contribution in [2.75, 3.05) is 6.61 Å². The molecular weight excluding hydrogens is 527 g/mol. The third-order valence-corrected chi connectivity index (χ3v) is 7.49. The van der Waals surface area contributed by atoms with Gasteiger partial charge >= 0.3 is 0 Å². The first kappa shape index (κ1) is 27.5. The summed E-state index contributed by atoms with van der Waals surface area (Å²) in [6, 6.07) is 8.33. The van der Waals surface area contributed by atoms with Crippen molar-refractivity contribution in [3.63, 3.8) is 0 Å². The van der Waals surface area contributed by atoms with Crippen LogP contribution in [-0.4, -0.2) is 35.4 Å². The van der Waals surface area contributed by atoms with E-state index in [4.69, 9.17) is 27.9 Å². The molecule has 2 aromatic carbocycles. The van der Waals surface area contributed by atoms with Gasteiger partial charge in [0.1, 0.15) is 11.8 Å². The quantitative estimate of drug-likeness (QED) is 0.364. The van der Waals surface area contributed by atoms with Crippen molar-refractivity contribution in [2.24, 2.45) is 0 Å². The Hall–Kier alpha value is -1.76. The lowest BCUT2D eigenvalue weighted by molar-refractivity contribution is -0.143. The van der Waals surface area contributed by atoms with Crippen LogP contribution in [-0.2, 0) is 16.1 Å². The highest BCUT2D eigenvalue weighted by atomic mass is 79.9. The fourth-order valence-electron chi connectivity index (χ4n) is 3.41. The number of aryl methyl sites for hydroxylation is 2. The first-order chi connectivity index (χ1) is 15.6. The summed E-state index contributed by atoms with van der Waals surface area (Å²) in [5.41, 5.74) is 2.82. The molecule has 8 heteroatoms. The largest absolute Gasteiger partial charge is 0.484 e. The molecule has 33 heavy (non-hydrogen) atoms. The van der Waals surface area contributed by atoms with E-state index in [1.807, 2.05) is 46.8 Å². The number of halogens is 3. The fraction of sp³-hybridized carbons (Fsp3) is 0.440. The molecule has 2 amide bonds. The van der Waals surface area contributed by atoms with Crippen LogP contribution in [0, 0.1) is 13.8 Å². The van der Waals surface area contributed by atoms with E-state index in [1.54, 1.807) is 23.1 Å². The molecule has 0 radical (unpaired) electrons. The predicted molar refractivity (Wildman–Crippen MR) is 138 cm³/mol. The summed E-state index contributed by atoms with van der Waals surface area (Å²) < 4.78 is 6.84. The zero-order chi connectivity index (χ0) is 24.7. The summed E-state index contributed by atoms with van der Waals surface area (Å²) in [7, 11) is 0. The SMILES string of the molecule is CC[C@H](C)NC(=O)[C@H](CC)N(Cc1ccc(Cl)c(Cl)c1)C(=O)COc1cc(C)c(Br)c(C)c1. The molecule has 0 unspecified atom stereocenters. The molecule has 0 aliphatic carbocycles. The lowest BCUT2D eigenvalue weighted by atomic mass is 10.1. The zero-order valence-corrected chi connectivity index (χ0v) is 22.8. The van der Waals surface area contributed by atoms with Gasteiger partial charge in [-0.2, -0.15) is 0 Å². The zero-order valence-electron chi connectivity index (χ0n) is 19.7. The van der Waals surface area contributed by atoms with Crippen LogP contribution in [0.25, 0.3) is 0 Å². The molecule has 0 spiro atoms. The molecule has 2 atom stereocenters. The summed E-state index contributed by atoms with van der Waals surface area (Å²) in [5, 5.41) is 3.82. The molecule has 0 aromatic heterocycles. The number of benzene rings is 2. The molecule has 2 rings (SSSR count). The number of carbonyl (C=O) groups is 2. The van der Waals surface area contributed by atoms with Crippen molar-refractivity contribution in [3.05, 3.63) is 61.5 Å². The summed E-state index contributed by atoms with van der Waals surface area (Å²) in [6.07, 6.45) is 1.26. The molecule has 1 N–H and O–H groups in total. The highest BCUT2D eigenvalue weighted by molar-refractivity contribution is 9.10. The fourth-order valence-corrected chi connectivity index (χ4v) is 3.96. The highest BCUT2D eigenvalue weighted by Gasteiger charge is 2.29. The molecule has 0 aliphatic rings. The monoisotopic (exact) mass is 556 g/mol. The van der Waals surface area contributed by atoms with Gasteiger partial charge in [-0.05, 0) is 74.6 Å². The molecular formula is C25H31BrCl2N2O3. The Morgan fingerprint density at radius 1 is 1.06 bits per heavy atom. The van der Waals surface area contributed by atoms with E-state index >= 15 is 0 Å². The molecule has 180 valence electrons. The van der Waals surface area contributed by atoms with Crippen molar-refractivity contribution >= 4 is 50.9 Å². The van der Waals surface area contributed by atoms with E-state index in [0.29, 0.717) is 22.2 Å². The number of nitrogens with one attached hydrogen (secondary N) is 1. The second-order valence-electron chi connectivity index (χ2n) is 8.17. The molecule has 5 nitrogen and oxygen atoms in total. The third-order valence-electron chi connectivity index (χ3n) is 5.50. The first-order valence-electron chi connectivity index (χ1n) is 11.0. The van der Waals surface area contributed by atoms with Gasteiger partial charge in [-0.25, -0.2) is 0 Å². The summed E-state index contributed by atoms with van der Waals surface area (Å²) in [4.78, 5) is 27.9. The molecule has 0 bridgehead atoms. The molecule has 0 heterocycles. The Morgan fingerprint density at radius 3 is 2.24 bits per heavy atom. The van der Waals surface area contributed by atoms with Crippen molar-refractivity contribution in [2.45, 2.75) is 66.1 Å². The second kappa shape index (κ2) is 12.6. The minimum absolute atomic E-state index is 0.0124. The van der Waals surface area contributed by atoms with E-state index in [0.717, 1.165) is 27.6 Å². The van der Waals surface area contributed by atoms with Gasteiger partial charge in [0, 0.05) is 17.1 Å². The molecule has 0 aliphatic heterocycles. The number of amides is 2. The first-order valence-corrected chi connectivity index (χ1v) is 12.6. The maximum absolute atomic E-state index is 13.3. The average Bonchev–Trinajstić information content (AvgIpc) is 2.77. The van der Waals surface area contributed by atoms with Gasteiger partial charge in [-0.3, -0.25) is 9.59 Å². The summed E-state index contributed by atoms with van der Waals surface area (Å²) in [6.45, 7) is 9.79. The number of nitrogens with zero attached hydrogens (tertiary/aromatic N) is 1. The summed E-state index contributed by atoms with van der Waals surface area (Å²) >= 11 is 15.8. The minimum Gasteiger partial charge on any atom is -0.484 e. The van der Waals surface area contributed by atoms with Crippen LogP contribution in [0.3, 0.4) is 0 Å². The van der Waals surface area contributed by atoms with Crippen molar-refractivity contribution in [3.8, 4) is 5.75 Å². The van der Waals surface area contributed by atoms with E-state index in [9.17, 15) is 9.59 Å². The normalized spacial score (nSPS) is 12.7. The van der Waals surface area contributed by atoms with Crippen molar-refractivity contribution in [1.82, 2.24) is 10.2 Å². The van der Waals surface area contributed by atoms with Crippen LogP contribution in [0.4, 0.5) is 0 Å². The van der Waals surface area contributed by atoms with Gasteiger partial charge in [-0.1, -0.05) is 59.0 Å². The topological polar surface area (TPSA) is 58.6 Å². The van der Waals surface area contributed by atoms with Gasteiger partial charge in [0.05, 0.1) is 10.0 Å². The smallest absolute Gasteiger partial charge is 0.261 e. The van der Waals surface area contributed by atoms with E-state index in [2.05, 4.69) is 21.2 Å². The maximum Gasteiger partial charge on any atom is 0.261 e. The van der Waals surface area contributed by atoms with E-state index in [-0.39, 0.29) is 31.0 Å². The highest BCUT2D eigenvalue weighted by Crippen LogP contribution is 2.27. The van der Waals surface area contributed by atoms with Gasteiger partial charge in [0.2, 0.25) is 5.91 Å². The lowest BCUT2D eigenvalue weighted by Gasteiger charge is -2.31. The predicted octanol–water partition coefficient (Wildman–Crippen LogP) is 6.47. The molecule has 0 saturated heterocycles. The minimum atomic E-state index is -0.641. The number of carbonyl (C=O) groups excluding carboxylic acids is 2. The van der Waals surface area contributed by atoms with Crippen molar-refractivity contribution in [1.29, 1.82) is 0 Å². The Labute approximate surface area is 214 Å². The van der Waals surface area contributed by atoms with Gasteiger partial charge < -0.3 is 15.0 Å². The van der Waals surface area contributed by atoms with Crippen molar-refractivity contribution < 1.29 is 14.3 Å². The molecule has 0 saturated carbocycles. The second-order valence-corrected chi connectivity index (χ2v) is 9.78. The molecule has 2 aromatic rings. The van der Waals surface area contributed by atoms with Crippen LogP contribution in [0.5, 0.6) is 5.75 Å².